The average molecular weight is 283 g/mol. The summed E-state index contributed by atoms with van der Waals surface area (Å²) in [5.74, 6) is 1.17. The van der Waals surface area contributed by atoms with E-state index in [4.69, 9.17) is 4.98 Å². The molecule has 1 aromatic carbocycles. The summed E-state index contributed by atoms with van der Waals surface area (Å²) in [6.07, 6.45) is 2.79. The molecule has 0 spiro atoms. The summed E-state index contributed by atoms with van der Waals surface area (Å²) < 4.78 is 0. The van der Waals surface area contributed by atoms with Crippen molar-refractivity contribution in [1.29, 1.82) is 0 Å². The molecule has 2 heterocycles. The smallest absolute Gasteiger partial charge is 0.251 e. The molecule has 0 aliphatic carbocycles. The van der Waals surface area contributed by atoms with E-state index in [9.17, 15) is 4.79 Å². The van der Waals surface area contributed by atoms with Crippen LogP contribution in [-0.4, -0.2) is 23.1 Å². The number of aromatic nitrogens is 2. The van der Waals surface area contributed by atoms with Crippen molar-refractivity contribution in [3.8, 4) is 0 Å². The van der Waals surface area contributed by atoms with Crippen molar-refractivity contribution in [2.24, 2.45) is 0 Å². The molecule has 1 aliphatic heterocycles. The Bertz CT molecular complexity index is 672. The zero-order valence-electron chi connectivity index (χ0n) is 12.4. The molecule has 21 heavy (non-hydrogen) atoms. The second kappa shape index (κ2) is 6.22. The number of nitrogens with zero attached hydrogens (tertiary/aromatic N) is 1. The van der Waals surface area contributed by atoms with Crippen LogP contribution in [0.4, 0.5) is 0 Å². The van der Waals surface area contributed by atoms with Crippen LogP contribution in [0.15, 0.2) is 35.1 Å². The molecule has 0 amide bonds. The molecule has 1 saturated heterocycles. The predicted octanol–water partition coefficient (Wildman–Crippen LogP) is 2.14. The van der Waals surface area contributed by atoms with Crippen LogP contribution in [0.2, 0.25) is 0 Å². The van der Waals surface area contributed by atoms with E-state index in [0.717, 1.165) is 37.4 Å². The van der Waals surface area contributed by atoms with Gasteiger partial charge in [-0.25, -0.2) is 4.98 Å². The first kappa shape index (κ1) is 14.0. The number of hydrogen-bond acceptors (Lipinski definition) is 3. The Balaban J connectivity index is 1.85. The second-order valence-electron chi connectivity index (χ2n) is 5.81. The van der Waals surface area contributed by atoms with Gasteiger partial charge in [-0.05, 0) is 38.4 Å². The van der Waals surface area contributed by atoms with Crippen LogP contribution in [0.3, 0.4) is 0 Å². The van der Waals surface area contributed by atoms with Gasteiger partial charge in [0.15, 0.2) is 0 Å². The molecule has 3 rings (SSSR count). The minimum atomic E-state index is -0.0406. The Morgan fingerprint density at radius 3 is 2.81 bits per heavy atom. The van der Waals surface area contributed by atoms with E-state index in [1.165, 1.54) is 11.1 Å². The average Bonchev–Trinajstić information content (AvgIpc) is 2.47. The fraction of sp³-hybridized carbons (Fsp3) is 0.412. The van der Waals surface area contributed by atoms with Crippen molar-refractivity contribution >= 4 is 0 Å². The highest BCUT2D eigenvalue weighted by atomic mass is 16.1. The topological polar surface area (TPSA) is 57.8 Å². The summed E-state index contributed by atoms with van der Waals surface area (Å²) in [4.78, 5) is 19.5. The highest BCUT2D eigenvalue weighted by molar-refractivity contribution is 5.25. The molecule has 0 unspecified atom stereocenters. The molecular weight excluding hydrogens is 262 g/mol. The lowest BCUT2D eigenvalue weighted by Crippen LogP contribution is -2.28. The number of rotatable bonds is 3. The standard InChI is InChI=1S/C17H21N3O/c1-12-3-2-4-13(9-12)10-16-19-15(11-17(21)20-16)14-5-7-18-8-6-14/h2-4,9,11,14,18H,5-8,10H2,1H3,(H,19,20,21). The van der Waals surface area contributed by atoms with Gasteiger partial charge in [-0.1, -0.05) is 29.8 Å². The summed E-state index contributed by atoms with van der Waals surface area (Å²) in [5, 5.41) is 3.35. The molecule has 0 atom stereocenters. The van der Waals surface area contributed by atoms with E-state index < -0.39 is 0 Å². The maximum atomic E-state index is 11.9. The number of nitrogens with one attached hydrogen (secondary N) is 2. The van der Waals surface area contributed by atoms with Crippen LogP contribution in [0.1, 0.15) is 41.4 Å². The molecule has 1 fully saturated rings. The summed E-state index contributed by atoms with van der Waals surface area (Å²) in [7, 11) is 0. The molecule has 110 valence electrons. The molecule has 4 heteroatoms. The first-order valence-electron chi connectivity index (χ1n) is 7.57. The Kier molecular flexibility index (Phi) is 4.15. The van der Waals surface area contributed by atoms with Crippen LogP contribution < -0.4 is 10.9 Å². The molecule has 0 bridgehead atoms. The summed E-state index contributed by atoms with van der Waals surface area (Å²) in [6, 6.07) is 9.99. The molecule has 0 saturated carbocycles. The normalized spacial score (nSPS) is 16.0. The number of aromatic amines is 1. The third-order valence-corrected chi connectivity index (χ3v) is 4.02. The number of piperidine rings is 1. The minimum Gasteiger partial charge on any atom is -0.317 e. The van der Waals surface area contributed by atoms with Crippen LogP contribution in [0.25, 0.3) is 0 Å². The van der Waals surface area contributed by atoms with Gasteiger partial charge >= 0.3 is 0 Å². The Morgan fingerprint density at radius 1 is 1.24 bits per heavy atom. The summed E-state index contributed by atoms with van der Waals surface area (Å²) in [5.41, 5.74) is 3.31. The molecule has 1 aromatic heterocycles. The fourth-order valence-electron chi connectivity index (χ4n) is 2.95. The van der Waals surface area contributed by atoms with Gasteiger partial charge in [0.25, 0.3) is 5.56 Å². The first-order valence-corrected chi connectivity index (χ1v) is 7.57. The van der Waals surface area contributed by atoms with Crippen LogP contribution >= 0.6 is 0 Å². The van der Waals surface area contributed by atoms with E-state index in [2.05, 4.69) is 35.4 Å². The molecule has 4 nitrogen and oxygen atoms in total. The van der Waals surface area contributed by atoms with E-state index in [0.29, 0.717) is 12.3 Å². The van der Waals surface area contributed by atoms with Crippen LogP contribution in [0.5, 0.6) is 0 Å². The van der Waals surface area contributed by atoms with Crippen molar-refractivity contribution in [1.82, 2.24) is 15.3 Å². The molecule has 2 N–H and O–H groups in total. The van der Waals surface area contributed by atoms with Gasteiger partial charge in [-0.15, -0.1) is 0 Å². The van der Waals surface area contributed by atoms with E-state index in [1.807, 2.05) is 6.07 Å². The zero-order chi connectivity index (χ0) is 14.7. The van der Waals surface area contributed by atoms with E-state index >= 15 is 0 Å². The van der Waals surface area contributed by atoms with E-state index in [-0.39, 0.29) is 5.56 Å². The SMILES string of the molecule is Cc1cccc(Cc2nc(C3CCNCC3)cc(=O)[nH]2)c1. The zero-order valence-corrected chi connectivity index (χ0v) is 12.4. The second-order valence-corrected chi connectivity index (χ2v) is 5.81. The lowest BCUT2D eigenvalue weighted by molar-refractivity contribution is 0.451. The third kappa shape index (κ3) is 3.58. The van der Waals surface area contributed by atoms with Crippen molar-refractivity contribution in [3.05, 3.63) is 63.3 Å². The summed E-state index contributed by atoms with van der Waals surface area (Å²) in [6.45, 7) is 4.09. The molecule has 2 aromatic rings. The van der Waals surface area contributed by atoms with Crippen molar-refractivity contribution < 1.29 is 0 Å². The largest absolute Gasteiger partial charge is 0.317 e. The fourth-order valence-corrected chi connectivity index (χ4v) is 2.95. The van der Waals surface area contributed by atoms with Gasteiger partial charge in [-0.2, -0.15) is 0 Å². The van der Waals surface area contributed by atoms with Gasteiger partial charge in [-0.3, -0.25) is 4.79 Å². The number of hydrogen-bond donors (Lipinski definition) is 2. The van der Waals surface area contributed by atoms with Gasteiger partial charge in [0.2, 0.25) is 0 Å². The number of H-pyrrole nitrogens is 1. The van der Waals surface area contributed by atoms with Gasteiger partial charge < -0.3 is 10.3 Å². The van der Waals surface area contributed by atoms with Crippen molar-refractivity contribution in [2.75, 3.05) is 13.1 Å². The molecule has 0 radical (unpaired) electrons. The lowest BCUT2D eigenvalue weighted by atomic mass is 9.94. The summed E-state index contributed by atoms with van der Waals surface area (Å²) >= 11 is 0. The highest BCUT2D eigenvalue weighted by Crippen LogP contribution is 2.22. The highest BCUT2D eigenvalue weighted by Gasteiger charge is 2.17. The Morgan fingerprint density at radius 2 is 2.05 bits per heavy atom. The van der Waals surface area contributed by atoms with Gasteiger partial charge in [0.05, 0.1) is 5.69 Å². The maximum Gasteiger partial charge on any atom is 0.251 e. The first-order chi connectivity index (χ1) is 10.2. The van der Waals surface area contributed by atoms with Crippen LogP contribution in [-0.2, 0) is 6.42 Å². The Labute approximate surface area is 124 Å². The molecular formula is C17H21N3O. The maximum absolute atomic E-state index is 11.9. The Hall–Kier alpha value is -1.94. The van der Waals surface area contributed by atoms with Crippen molar-refractivity contribution in [2.45, 2.75) is 32.1 Å². The van der Waals surface area contributed by atoms with E-state index in [1.54, 1.807) is 6.07 Å². The van der Waals surface area contributed by atoms with Crippen LogP contribution in [0, 0.1) is 6.92 Å². The lowest BCUT2D eigenvalue weighted by Gasteiger charge is -2.22. The van der Waals surface area contributed by atoms with Gasteiger partial charge in [0.1, 0.15) is 5.82 Å². The number of benzene rings is 1. The number of aryl methyl sites for hydroxylation is 1. The monoisotopic (exact) mass is 283 g/mol. The minimum absolute atomic E-state index is 0.0406. The van der Waals surface area contributed by atoms with Crippen molar-refractivity contribution in [3.63, 3.8) is 0 Å². The quantitative estimate of drug-likeness (QED) is 0.907. The third-order valence-electron chi connectivity index (χ3n) is 4.02. The molecule has 1 aliphatic rings. The van der Waals surface area contributed by atoms with Gasteiger partial charge in [0, 0.05) is 18.4 Å². The predicted molar refractivity (Wildman–Crippen MR) is 83.7 cm³/mol.